The minimum absolute atomic E-state index is 0.496. The molecule has 4 nitrogen and oxygen atoms in total. The molecule has 0 spiro atoms. The summed E-state index contributed by atoms with van der Waals surface area (Å²) in [6, 6.07) is 5.88. The second-order valence-electron chi connectivity index (χ2n) is 4.50. The molecule has 1 heterocycles. The van der Waals surface area contributed by atoms with E-state index in [4.69, 9.17) is 10.3 Å². The Kier molecular flexibility index (Phi) is 2.35. The molecule has 1 fully saturated rings. The van der Waals surface area contributed by atoms with Gasteiger partial charge in [-0.15, -0.1) is 0 Å². The molecule has 1 aliphatic carbocycles. The number of hydrogen-bond donors (Lipinski definition) is 1. The van der Waals surface area contributed by atoms with Crippen molar-refractivity contribution in [3.8, 4) is 11.4 Å². The van der Waals surface area contributed by atoms with Crippen LogP contribution in [0.2, 0.25) is 0 Å². The normalized spacial score (nSPS) is 15.1. The predicted octanol–water partition coefficient (Wildman–Crippen LogP) is 2.76. The molecule has 1 aromatic carbocycles. The molecule has 2 N–H and O–H groups in total. The topological polar surface area (TPSA) is 64.9 Å². The Morgan fingerprint density at radius 1 is 1.41 bits per heavy atom. The van der Waals surface area contributed by atoms with E-state index in [1.165, 1.54) is 12.8 Å². The maximum Gasteiger partial charge on any atom is 0.230 e. The minimum Gasteiger partial charge on any atom is -0.399 e. The Labute approximate surface area is 99.8 Å². The third-order valence-corrected chi connectivity index (χ3v) is 3.15. The standard InChI is InChI=1S/C13H15N3O/c1-2-8-7-10(5-6-11(8)14)12-15-13(17-16-12)9-3-4-9/h5-7,9H,2-4,14H2,1H3. The van der Waals surface area contributed by atoms with Gasteiger partial charge in [0.25, 0.3) is 0 Å². The van der Waals surface area contributed by atoms with Crippen molar-refractivity contribution in [2.24, 2.45) is 0 Å². The van der Waals surface area contributed by atoms with E-state index in [1.54, 1.807) is 0 Å². The van der Waals surface area contributed by atoms with Crippen LogP contribution in [0.4, 0.5) is 5.69 Å². The van der Waals surface area contributed by atoms with Crippen molar-refractivity contribution in [3.63, 3.8) is 0 Å². The van der Waals surface area contributed by atoms with Crippen molar-refractivity contribution in [2.45, 2.75) is 32.1 Å². The summed E-state index contributed by atoms with van der Waals surface area (Å²) in [6.07, 6.45) is 3.25. The second kappa shape index (κ2) is 3.87. The summed E-state index contributed by atoms with van der Waals surface area (Å²) in [4.78, 5) is 4.43. The highest BCUT2D eigenvalue weighted by molar-refractivity contribution is 5.62. The number of anilines is 1. The molecular formula is C13H15N3O. The monoisotopic (exact) mass is 229 g/mol. The largest absolute Gasteiger partial charge is 0.399 e. The molecule has 1 aromatic heterocycles. The zero-order valence-corrected chi connectivity index (χ0v) is 9.81. The first kappa shape index (κ1) is 10.3. The second-order valence-corrected chi connectivity index (χ2v) is 4.50. The quantitative estimate of drug-likeness (QED) is 0.822. The summed E-state index contributed by atoms with van der Waals surface area (Å²) >= 11 is 0. The summed E-state index contributed by atoms with van der Waals surface area (Å²) in [6.45, 7) is 2.08. The number of nitrogens with two attached hydrogens (primary N) is 1. The smallest absolute Gasteiger partial charge is 0.230 e. The van der Waals surface area contributed by atoms with Gasteiger partial charge in [-0.1, -0.05) is 12.1 Å². The zero-order chi connectivity index (χ0) is 11.8. The van der Waals surface area contributed by atoms with Crippen molar-refractivity contribution in [1.29, 1.82) is 0 Å². The first-order valence-corrected chi connectivity index (χ1v) is 6.00. The number of benzene rings is 1. The Bertz CT molecular complexity index is 543. The van der Waals surface area contributed by atoms with Gasteiger partial charge in [-0.2, -0.15) is 4.98 Å². The lowest BCUT2D eigenvalue weighted by molar-refractivity contribution is 0.380. The molecule has 0 bridgehead atoms. The van der Waals surface area contributed by atoms with Crippen LogP contribution >= 0.6 is 0 Å². The molecule has 1 aliphatic rings. The summed E-state index contributed by atoms with van der Waals surface area (Å²) in [5, 5.41) is 4.03. The van der Waals surface area contributed by atoms with Crippen molar-refractivity contribution >= 4 is 5.69 Å². The number of nitrogen functional groups attached to an aromatic ring is 1. The Morgan fingerprint density at radius 3 is 2.94 bits per heavy atom. The molecule has 4 heteroatoms. The minimum atomic E-state index is 0.496. The third-order valence-electron chi connectivity index (χ3n) is 3.15. The van der Waals surface area contributed by atoms with Gasteiger partial charge in [0, 0.05) is 17.2 Å². The lowest BCUT2D eigenvalue weighted by atomic mass is 10.1. The van der Waals surface area contributed by atoms with Crippen LogP contribution in [-0.2, 0) is 6.42 Å². The fourth-order valence-corrected chi connectivity index (χ4v) is 1.90. The first-order valence-electron chi connectivity index (χ1n) is 6.00. The molecule has 0 aliphatic heterocycles. The fourth-order valence-electron chi connectivity index (χ4n) is 1.90. The molecule has 3 rings (SSSR count). The number of hydrogen-bond acceptors (Lipinski definition) is 4. The fraction of sp³-hybridized carbons (Fsp3) is 0.385. The van der Waals surface area contributed by atoms with E-state index in [1.807, 2.05) is 18.2 Å². The van der Waals surface area contributed by atoms with Crippen LogP contribution in [0.1, 0.15) is 37.1 Å². The van der Waals surface area contributed by atoms with Crippen molar-refractivity contribution < 1.29 is 4.52 Å². The molecule has 0 amide bonds. The van der Waals surface area contributed by atoms with E-state index in [0.717, 1.165) is 29.1 Å². The van der Waals surface area contributed by atoms with E-state index < -0.39 is 0 Å². The lowest BCUT2D eigenvalue weighted by Crippen LogP contribution is -1.93. The van der Waals surface area contributed by atoms with Gasteiger partial charge in [0.05, 0.1) is 0 Å². The van der Waals surface area contributed by atoms with Crippen LogP contribution in [0.3, 0.4) is 0 Å². The number of aryl methyl sites for hydroxylation is 1. The molecule has 0 saturated heterocycles. The maximum absolute atomic E-state index is 5.88. The van der Waals surface area contributed by atoms with Crippen LogP contribution < -0.4 is 5.73 Å². The molecule has 0 unspecified atom stereocenters. The SMILES string of the molecule is CCc1cc(-c2noc(C3CC3)n2)ccc1N. The first-order chi connectivity index (χ1) is 8.28. The molecule has 0 radical (unpaired) electrons. The Morgan fingerprint density at radius 2 is 2.24 bits per heavy atom. The van der Waals surface area contributed by atoms with Crippen LogP contribution in [0.25, 0.3) is 11.4 Å². The molecule has 0 atom stereocenters. The van der Waals surface area contributed by atoms with Gasteiger partial charge in [-0.3, -0.25) is 0 Å². The molecule has 17 heavy (non-hydrogen) atoms. The Balaban J connectivity index is 1.96. The van der Waals surface area contributed by atoms with E-state index >= 15 is 0 Å². The number of rotatable bonds is 3. The third kappa shape index (κ3) is 1.90. The summed E-state index contributed by atoms with van der Waals surface area (Å²) in [5.41, 5.74) is 8.80. The molecule has 1 saturated carbocycles. The van der Waals surface area contributed by atoms with Crippen LogP contribution in [0.5, 0.6) is 0 Å². The predicted molar refractivity (Wildman–Crippen MR) is 65.5 cm³/mol. The van der Waals surface area contributed by atoms with Gasteiger partial charge in [0.2, 0.25) is 11.7 Å². The highest BCUT2D eigenvalue weighted by Gasteiger charge is 2.29. The lowest BCUT2D eigenvalue weighted by Gasteiger charge is -2.03. The van der Waals surface area contributed by atoms with Crippen LogP contribution in [0, 0.1) is 0 Å². The van der Waals surface area contributed by atoms with Crippen molar-refractivity contribution in [3.05, 3.63) is 29.7 Å². The highest BCUT2D eigenvalue weighted by Crippen LogP contribution is 2.39. The van der Waals surface area contributed by atoms with E-state index in [2.05, 4.69) is 17.1 Å². The Hall–Kier alpha value is -1.84. The van der Waals surface area contributed by atoms with E-state index in [-0.39, 0.29) is 0 Å². The van der Waals surface area contributed by atoms with Crippen molar-refractivity contribution in [1.82, 2.24) is 10.1 Å². The van der Waals surface area contributed by atoms with E-state index in [9.17, 15) is 0 Å². The van der Waals surface area contributed by atoms with Gasteiger partial charge in [0.15, 0.2) is 0 Å². The average molecular weight is 229 g/mol. The number of aromatic nitrogens is 2. The van der Waals surface area contributed by atoms with Gasteiger partial charge in [0.1, 0.15) is 0 Å². The van der Waals surface area contributed by atoms with E-state index in [0.29, 0.717) is 11.7 Å². The average Bonchev–Trinajstić information content (AvgIpc) is 3.08. The van der Waals surface area contributed by atoms with Crippen LogP contribution in [-0.4, -0.2) is 10.1 Å². The summed E-state index contributed by atoms with van der Waals surface area (Å²) in [5.74, 6) is 1.94. The number of nitrogens with zero attached hydrogens (tertiary/aromatic N) is 2. The molecular weight excluding hydrogens is 214 g/mol. The van der Waals surface area contributed by atoms with Crippen LogP contribution in [0.15, 0.2) is 22.7 Å². The summed E-state index contributed by atoms with van der Waals surface area (Å²) < 4.78 is 5.25. The van der Waals surface area contributed by atoms with Gasteiger partial charge in [-0.25, -0.2) is 0 Å². The zero-order valence-electron chi connectivity index (χ0n) is 9.81. The maximum atomic E-state index is 5.88. The van der Waals surface area contributed by atoms with Gasteiger partial charge < -0.3 is 10.3 Å². The summed E-state index contributed by atoms with van der Waals surface area (Å²) in [7, 11) is 0. The van der Waals surface area contributed by atoms with Gasteiger partial charge >= 0.3 is 0 Å². The van der Waals surface area contributed by atoms with Gasteiger partial charge in [-0.05, 0) is 43.0 Å². The molecule has 88 valence electrons. The highest BCUT2D eigenvalue weighted by atomic mass is 16.5. The van der Waals surface area contributed by atoms with Crippen molar-refractivity contribution in [2.75, 3.05) is 5.73 Å². The molecule has 2 aromatic rings.